The van der Waals surface area contributed by atoms with Crippen molar-refractivity contribution in [1.82, 2.24) is 4.98 Å². The summed E-state index contributed by atoms with van der Waals surface area (Å²) in [7, 11) is 2.96. The molecule has 3 aromatic rings. The molecule has 0 aliphatic heterocycles. The van der Waals surface area contributed by atoms with Gasteiger partial charge in [-0.25, -0.2) is 4.98 Å². The third-order valence-corrected chi connectivity index (χ3v) is 4.94. The summed E-state index contributed by atoms with van der Waals surface area (Å²) in [5, 5.41) is 3.08. The zero-order valence-electron chi connectivity index (χ0n) is 15.1. The van der Waals surface area contributed by atoms with Gasteiger partial charge in [0.05, 0.1) is 24.8 Å². The number of nitrogens with zero attached hydrogens (tertiary/aromatic N) is 1. The summed E-state index contributed by atoms with van der Waals surface area (Å²) in [4.78, 5) is 29.8. The van der Waals surface area contributed by atoms with Gasteiger partial charge in [-0.05, 0) is 12.1 Å². The van der Waals surface area contributed by atoms with Crippen LogP contribution in [0.3, 0.4) is 0 Å². The fraction of sp³-hybridized carbons (Fsp3) is 0.150. The lowest BCUT2D eigenvalue weighted by Crippen LogP contribution is -2.14. The molecule has 7 heteroatoms. The van der Waals surface area contributed by atoms with Crippen molar-refractivity contribution in [3.05, 3.63) is 59.0 Å². The van der Waals surface area contributed by atoms with Gasteiger partial charge in [-0.1, -0.05) is 47.7 Å². The summed E-state index contributed by atoms with van der Waals surface area (Å²) in [6.07, 6.45) is 0. The monoisotopic (exact) mass is 382 g/mol. The van der Waals surface area contributed by atoms with Crippen molar-refractivity contribution in [2.45, 2.75) is 6.92 Å². The Morgan fingerprint density at radius 2 is 1.59 bits per heavy atom. The Morgan fingerprint density at radius 1 is 0.963 bits per heavy atom. The molecule has 138 valence electrons. The lowest BCUT2D eigenvalue weighted by molar-refractivity contribution is 0.101. The normalized spacial score (nSPS) is 10.3. The lowest BCUT2D eigenvalue weighted by Gasteiger charge is -2.11. The van der Waals surface area contributed by atoms with E-state index in [1.54, 1.807) is 18.2 Å². The molecule has 0 spiro atoms. The molecule has 2 aromatic carbocycles. The van der Waals surface area contributed by atoms with Gasteiger partial charge >= 0.3 is 0 Å². The molecule has 0 saturated heterocycles. The summed E-state index contributed by atoms with van der Waals surface area (Å²) in [5.74, 6) is 0.242. The average molecular weight is 382 g/mol. The van der Waals surface area contributed by atoms with Crippen LogP contribution in [0.4, 0.5) is 5.13 Å². The van der Waals surface area contributed by atoms with Crippen molar-refractivity contribution in [1.29, 1.82) is 0 Å². The van der Waals surface area contributed by atoms with Gasteiger partial charge in [0, 0.05) is 12.5 Å². The standard InChI is InChI=1S/C20H18N2O4S/c1-12(23)18-17(13-8-5-4-6-9-13)21-20(27-18)22-19(24)16-14(25-2)10-7-11-15(16)26-3/h4-11H,1-3H3,(H,21,22,24). The molecular weight excluding hydrogens is 364 g/mol. The Kier molecular flexibility index (Phi) is 5.52. The number of amides is 1. The van der Waals surface area contributed by atoms with Crippen LogP contribution in [0.5, 0.6) is 11.5 Å². The number of rotatable bonds is 6. The third-order valence-electron chi connectivity index (χ3n) is 3.87. The fourth-order valence-corrected chi connectivity index (χ4v) is 3.52. The molecule has 0 atom stereocenters. The Hall–Kier alpha value is -3.19. The fourth-order valence-electron chi connectivity index (χ4n) is 2.64. The van der Waals surface area contributed by atoms with Crippen LogP contribution in [-0.4, -0.2) is 30.9 Å². The van der Waals surface area contributed by atoms with E-state index in [1.807, 2.05) is 30.3 Å². The highest BCUT2D eigenvalue weighted by Crippen LogP contribution is 2.33. The second-order valence-corrected chi connectivity index (χ2v) is 6.61. The van der Waals surface area contributed by atoms with Crippen molar-refractivity contribution in [3.8, 4) is 22.8 Å². The van der Waals surface area contributed by atoms with E-state index >= 15 is 0 Å². The van der Waals surface area contributed by atoms with Crippen LogP contribution in [-0.2, 0) is 0 Å². The van der Waals surface area contributed by atoms with E-state index < -0.39 is 5.91 Å². The van der Waals surface area contributed by atoms with E-state index in [9.17, 15) is 9.59 Å². The van der Waals surface area contributed by atoms with Crippen molar-refractivity contribution in [3.63, 3.8) is 0 Å². The first-order valence-corrected chi connectivity index (χ1v) is 8.96. The van der Waals surface area contributed by atoms with E-state index in [0.717, 1.165) is 16.9 Å². The summed E-state index contributed by atoms with van der Waals surface area (Å²) >= 11 is 1.14. The van der Waals surface area contributed by atoms with E-state index in [4.69, 9.17) is 9.47 Å². The molecular formula is C20H18N2O4S. The van der Waals surface area contributed by atoms with E-state index in [0.29, 0.717) is 27.2 Å². The van der Waals surface area contributed by atoms with Crippen LogP contribution in [0.15, 0.2) is 48.5 Å². The second-order valence-electron chi connectivity index (χ2n) is 5.61. The highest BCUT2D eigenvalue weighted by molar-refractivity contribution is 7.18. The van der Waals surface area contributed by atoms with E-state index in [1.165, 1.54) is 21.1 Å². The molecule has 1 aromatic heterocycles. The quantitative estimate of drug-likeness (QED) is 0.644. The molecule has 0 radical (unpaired) electrons. The number of aromatic nitrogens is 1. The number of ether oxygens (including phenoxy) is 2. The van der Waals surface area contributed by atoms with Crippen molar-refractivity contribution in [2.24, 2.45) is 0 Å². The van der Waals surface area contributed by atoms with Gasteiger partial charge in [0.25, 0.3) is 5.91 Å². The number of carbonyl (C=O) groups excluding carboxylic acids is 2. The Labute approximate surface area is 160 Å². The number of thiazole rings is 1. The number of hydrogen-bond donors (Lipinski definition) is 1. The van der Waals surface area contributed by atoms with E-state index in [2.05, 4.69) is 10.3 Å². The number of Topliss-reactive ketones (excluding diaryl/α,β-unsaturated/α-hetero) is 1. The molecule has 1 N–H and O–H groups in total. The number of benzene rings is 2. The summed E-state index contributed by atoms with van der Waals surface area (Å²) in [5.41, 5.74) is 1.63. The molecule has 0 aliphatic rings. The zero-order chi connectivity index (χ0) is 19.4. The molecule has 0 aliphatic carbocycles. The third kappa shape index (κ3) is 3.83. The average Bonchev–Trinajstić information content (AvgIpc) is 3.12. The highest BCUT2D eigenvalue weighted by Gasteiger charge is 2.22. The first kappa shape index (κ1) is 18.6. The number of ketones is 1. The number of methoxy groups -OCH3 is 2. The Bertz CT molecular complexity index is 961. The second kappa shape index (κ2) is 8.01. The summed E-state index contributed by atoms with van der Waals surface area (Å²) < 4.78 is 10.5. The number of anilines is 1. The Morgan fingerprint density at radius 3 is 2.15 bits per heavy atom. The smallest absolute Gasteiger partial charge is 0.265 e. The minimum Gasteiger partial charge on any atom is -0.496 e. The molecule has 0 saturated carbocycles. The minimum atomic E-state index is -0.423. The first-order valence-electron chi connectivity index (χ1n) is 8.14. The van der Waals surface area contributed by atoms with Gasteiger partial charge in [0.2, 0.25) is 0 Å². The van der Waals surface area contributed by atoms with Gasteiger partial charge in [-0.15, -0.1) is 0 Å². The predicted octanol–water partition coefficient (Wildman–Crippen LogP) is 4.28. The van der Waals surface area contributed by atoms with Gasteiger partial charge in [0.1, 0.15) is 17.1 Å². The van der Waals surface area contributed by atoms with Crippen LogP contribution >= 0.6 is 11.3 Å². The molecule has 1 amide bonds. The van der Waals surface area contributed by atoms with Crippen LogP contribution in [0.1, 0.15) is 27.0 Å². The largest absolute Gasteiger partial charge is 0.496 e. The lowest BCUT2D eigenvalue weighted by atomic mass is 10.1. The summed E-state index contributed by atoms with van der Waals surface area (Å²) in [6.45, 7) is 1.48. The molecule has 1 heterocycles. The van der Waals surface area contributed by atoms with Crippen LogP contribution < -0.4 is 14.8 Å². The predicted molar refractivity (Wildman–Crippen MR) is 105 cm³/mol. The topological polar surface area (TPSA) is 77.5 Å². The maximum Gasteiger partial charge on any atom is 0.265 e. The van der Waals surface area contributed by atoms with Gasteiger partial charge in [-0.3, -0.25) is 14.9 Å². The molecule has 0 bridgehead atoms. The van der Waals surface area contributed by atoms with Crippen molar-refractivity contribution in [2.75, 3.05) is 19.5 Å². The Balaban J connectivity index is 1.98. The minimum absolute atomic E-state index is 0.110. The molecule has 0 fully saturated rings. The first-order chi connectivity index (χ1) is 13.0. The van der Waals surface area contributed by atoms with Crippen LogP contribution in [0, 0.1) is 0 Å². The molecule has 27 heavy (non-hydrogen) atoms. The number of nitrogens with one attached hydrogen (secondary N) is 1. The zero-order valence-corrected chi connectivity index (χ0v) is 15.9. The van der Waals surface area contributed by atoms with Gasteiger partial charge < -0.3 is 9.47 Å². The number of hydrogen-bond acceptors (Lipinski definition) is 6. The van der Waals surface area contributed by atoms with Crippen LogP contribution in [0.2, 0.25) is 0 Å². The maximum atomic E-state index is 12.8. The molecule has 0 unspecified atom stereocenters. The molecule has 3 rings (SSSR count). The van der Waals surface area contributed by atoms with Crippen molar-refractivity contribution < 1.29 is 19.1 Å². The number of carbonyl (C=O) groups is 2. The van der Waals surface area contributed by atoms with Crippen molar-refractivity contribution >= 4 is 28.2 Å². The van der Waals surface area contributed by atoms with Gasteiger partial charge in [0.15, 0.2) is 10.9 Å². The summed E-state index contributed by atoms with van der Waals surface area (Å²) in [6, 6.07) is 14.5. The van der Waals surface area contributed by atoms with Crippen LogP contribution in [0.25, 0.3) is 11.3 Å². The van der Waals surface area contributed by atoms with Gasteiger partial charge in [-0.2, -0.15) is 0 Å². The van der Waals surface area contributed by atoms with E-state index in [-0.39, 0.29) is 11.3 Å². The highest BCUT2D eigenvalue weighted by atomic mass is 32.1. The maximum absolute atomic E-state index is 12.8. The SMILES string of the molecule is COc1cccc(OC)c1C(=O)Nc1nc(-c2ccccc2)c(C(C)=O)s1. The molecule has 6 nitrogen and oxygen atoms in total.